The van der Waals surface area contributed by atoms with Crippen molar-refractivity contribution < 1.29 is 13.5 Å². The third kappa shape index (κ3) is 2.66. The minimum Gasteiger partial charge on any atom is -0.470 e. The monoisotopic (exact) mass is 209 g/mol. The molecule has 0 aliphatic heterocycles. The molecule has 0 atom stereocenters. The fraction of sp³-hybridized carbons (Fsp3) is 0.333. The van der Waals surface area contributed by atoms with Crippen molar-refractivity contribution in [2.45, 2.75) is 6.43 Å². The Bertz CT molecular complexity index is 297. The van der Waals surface area contributed by atoms with Gasteiger partial charge in [-0.1, -0.05) is 11.6 Å². The minimum absolute atomic E-state index is 0.000864. The van der Waals surface area contributed by atoms with Crippen molar-refractivity contribution in [2.75, 3.05) is 12.3 Å². The lowest BCUT2D eigenvalue weighted by atomic mass is 10.5. The Morgan fingerprint density at radius 2 is 2.23 bits per heavy atom. The third-order valence-corrected chi connectivity index (χ3v) is 1.49. The molecule has 0 unspecified atom stereocenters. The first-order chi connectivity index (χ1) is 6.11. The summed E-state index contributed by atoms with van der Waals surface area (Å²) in [6.07, 6.45) is -1.49. The Hall–Kier alpha value is -1.17. The fourth-order valence-corrected chi connectivity index (χ4v) is 0.761. The highest BCUT2D eigenvalue weighted by molar-refractivity contribution is 6.33. The SMILES string of the molecule is Nc1ncnc(OCC(F)F)c1Cl. The van der Waals surface area contributed by atoms with Gasteiger partial charge in [0.15, 0.2) is 6.61 Å². The fourth-order valence-electron chi connectivity index (χ4n) is 0.609. The molecule has 0 radical (unpaired) electrons. The van der Waals surface area contributed by atoms with Gasteiger partial charge in [-0.2, -0.15) is 0 Å². The van der Waals surface area contributed by atoms with Gasteiger partial charge >= 0.3 is 0 Å². The molecule has 0 aromatic carbocycles. The quantitative estimate of drug-likeness (QED) is 0.817. The number of ether oxygens (including phenoxy) is 1. The smallest absolute Gasteiger partial charge is 0.272 e. The predicted octanol–water partition coefficient (Wildman–Crippen LogP) is 1.36. The van der Waals surface area contributed by atoms with Gasteiger partial charge in [0, 0.05) is 0 Å². The van der Waals surface area contributed by atoms with E-state index in [1.165, 1.54) is 0 Å². The molecule has 0 aliphatic carbocycles. The molecule has 0 bridgehead atoms. The number of nitrogens with zero attached hydrogens (tertiary/aromatic N) is 2. The summed E-state index contributed by atoms with van der Waals surface area (Å²) < 4.78 is 28.0. The van der Waals surface area contributed by atoms with Gasteiger partial charge in [-0.15, -0.1) is 0 Å². The molecule has 0 spiro atoms. The van der Waals surface area contributed by atoms with Crippen LogP contribution in [-0.4, -0.2) is 23.0 Å². The summed E-state index contributed by atoms with van der Waals surface area (Å²) in [5.74, 6) is -0.129. The minimum atomic E-state index is -2.58. The van der Waals surface area contributed by atoms with Gasteiger partial charge in [-0.25, -0.2) is 18.7 Å². The number of rotatable bonds is 3. The molecule has 1 rings (SSSR count). The molecule has 2 N–H and O–H groups in total. The van der Waals surface area contributed by atoms with Gasteiger partial charge in [-0.05, 0) is 0 Å². The molecule has 1 aromatic rings. The van der Waals surface area contributed by atoms with Gasteiger partial charge in [0.05, 0.1) is 0 Å². The first kappa shape index (κ1) is 9.91. The number of anilines is 1. The molecule has 7 heteroatoms. The molecule has 4 nitrogen and oxygen atoms in total. The van der Waals surface area contributed by atoms with Gasteiger partial charge < -0.3 is 10.5 Å². The summed E-state index contributed by atoms with van der Waals surface area (Å²) in [5.41, 5.74) is 5.28. The summed E-state index contributed by atoms with van der Waals surface area (Å²) in [7, 11) is 0. The first-order valence-electron chi connectivity index (χ1n) is 3.28. The van der Waals surface area contributed by atoms with E-state index in [4.69, 9.17) is 17.3 Å². The second-order valence-corrected chi connectivity index (χ2v) is 2.46. The van der Waals surface area contributed by atoms with Crippen molar-refractivity contribution in [1.29, 1.82) is 0 Å². The standard InChI is InChI=1S/C6H6ClF2N3O/c7-4-5(10)11-2-12-6(4)13-1-3(8)9/h2-3H,1H2,(H2,10,11,12). The van der Waals surface area contributed by atoms with Gasteiger partial charge in [0.25, 0.3) is 6.43 Å². The molecular formula is C6H6ClF2N3O. The van der Waals surface area contributed by atoms with Crippen LogP contribution in [0.2, 0.25) is 5.02 Å². The lowest BCUT2D eigenvalue weighted by Gasteiger charge is -2.05. The average Bonchev–Trinajstić information content (AvgIpc) is 2.07. The molecule has 72 valence electrons. The molecule has 13 heavy (non-hydrogen) atoms. The summed E-state index contributed by atoms with van der Waals surface area (Å²) in [5, 5.41) is -0.0526. The number of nitrogen functional groups attached to an aromatic ring is 1. The zero-order valence-electron chi connectivity index (χ0n) is 6.38. The molecule has 0 aliphatic rings. The van der Waals surface area contributed by atoms with E-state index in [1.54, 1.807) is 0 Å². The van der Waals surface area contributed by atoms with Crippen molar-refractivity contribution in [2.24, 2.45) is 0 Å². The summed E-state index contributed by atoms with van der Waals surface area (Å²) in [6.45, 7) is -0.768. The summed E-state index contributed by atoms with van der Waals surface area (Å²) in [6, 6.07) is 0. The Labute approximate surface area is 77.7 Å². The Morgan fingerprint density at radius 1 is 1.54 bits per heavy atom. The second-order valence-electron chi connectivity index (χ2n) is 2.08. The van der Waals surface area contributed by atoms with Crippen LogP contribution >= 0.6 is 11.6 Å². The molecular weight excluding hydrogens is 204 g/mol. The largest absolute Gasteiger partial charge is 0.470 e. The van der Waals surface area contributed by atoms with Gasteiger partial charge in [0.1, 0.15) is 17.2 Å². The van der Waals surface area contributed by atoms with E-state index >= 15 is 0 Å². The molecule has 0 saturated carbocycles. The number of alkyl halides is 2. The van der Waals surface area contributed by atoms with Crippen LogP contribution in [0.4, 0.5) is 14.6 Å². The summed E-state index contributed by atoms with van der Waals surface area (Å²) >= 11 is 5.56. The highest BCUT2D eigenvalue weighted by Crippen LogP contribution is 2.25. The van der Waals surface area contributed by atoms with Crippen LogP contribution in [-0.2, 0) is 0 Å². The molecule has 0 amide bonds. The number of aromatic nitrogens is 2. The number of halogens is 3. The Balaban J connectivity index is 2.71. The predicted molar refractivity (Wildman–Crippen MR) is 43.0 cm³/mol. The van der Waals surface area contributed by atoms with Crippen LogP contribution in [0.5, 0.6) is 5.88 Å². The van der Waals surface area contributed by atoms with E-state index in [-0.39, 0.29) is 16.7 Å². The van der Waals surface area contributed by atoms with Crippen LogP contribution in [0.1, 0.15) is 0 Å². The van der Waals surface area contributed by atoms with E-state index < -0.39 is 13.0 Å². The van der Waals surface area contributed by atoms with Crippen LogP contribution in [0.15, 0.2) is 6.33 Å². The molecule has 1 aromatic heterocycles. The number of hydrogen-bond donors (Lipinski definition) is 1. The maximum absolute atomic E-state index is 11.7. The lowest BCUT2D eigenvalue weighted by Crippen LogP contribution is -2.09. The molecule has 1 heterocycles. The van der Waals surface area contributed by atoms with Crippen LogP contribution < -0.4 is 10.5 Å². The maximum atomic E-state index is 11.7. The highest BCUT2D eigenvalue weighted by Gasteiger charge is 2.10. The van der Waals surface area contributed by atoms with Crippen molar-refractivity contribution in [3.05, 3.63) is 11.3 Å². The number of nitrogens with two attached hydrogens (primary N) is 1. The van der Waals surface area contributed by atoms with Crippen LogP contribution in [0, 0.1) is 0 Å². The van der Waals surface area contributed by atoms with E-state index in [1.807, 2.05) is 0 Å². The topological polar surface area (TPSA) is 61.0 Å². The second kappa shape index (κ2) is 4.18. The van der Waals surface area contributed by atoms with E-state index in [9.17, 15) is 8.78 Å². The Morgan fingerprint density at radius 3 is 2.85 bits per heavy atom. The van der Waals surface area contributed by atoms with E-state index in [2.05, 4.69) is 14.7 Å². The summed E-state index contributed by atoms with van der Waals surface area (Å²) in [4.78, 5) is 7.07. The lowest BCUT2D eigenvalue weighted by molar-refractivity contribution is 0.0796. The van der Waals surface area contributed by atoms with Gasteiger partial charge in [-0.3, -0.25) is 0 Å². The zero-order valence-corrected chi connectivity index (χ0v) is 7.13. The van der Waals surface area contributed by atoms with E-state index in [0.29, 0.717) is 0 Å². The molecule has 0 saturated heterocycles. The van der Waals surface area contributed by atoms with Crippen molar-refractivity contribution in [3.63, 3.8) is 0 Å². The van der Waals surface area contributed by atoms with Crippen LogP contribution in [0.3, 0.4) is 0 Å². The van der Waals surface area contributed by atoms with Crippen molar-refractivity contribution in [3.8, 4) is 5.88 Å². The maximum Gasteiger partial charge on any atom is 0.272 e. The zero-order chi connectivity index (χ0) is 9.84. The number of hydrogen-bond acceptors (Lipinski definition) is 4. The van der Waals surface area contributed by atoms with E-state index in [0.717, 1.165) is 6.33 Å². The molecule has 0 fully saturated rings. The normalized spacial score (nSPS) is 10.5. The Kier molecular flexibility index (Phi) is 3.18. The first-order valence-corrected chi connectivity index (χ1v) is 3.66. The van der Waals surface area contributed by atoms with Crippen molar-refractivity contribution in [1.82, 2.24) is 9.97 Å². The van der Waals surface area contributed by atoms with Crippen LogP contribution in [0.25, 0.3) is 0 Å². The average molecular weight is 210 g/mol. The highest BCUT2D eigenvalue weighted by atomic mass is 35.5. The van der Waals surface area contributed by atoms with Crippen molar-refractivity contribution >= 4 is 17.4 Å². The van der Waals surface area contributed by atoms with Gasteiger partial charge in [0.2, 0.25) is 5.88 Å². The third-order valence-electron chi connectivity index (χ3n) is 1.13.